The molecule has 0 saturated carbocycles. The lowest BCUT2D eigenvalue weighted by molar-refractivity contribution is -0.120. The summed E-state index contributed by atoms with van der Waals surface area (Å²) in [7, 11) is 0. The molecule has 1 aliphatic heterocycles. The quantitative estimate of drug-likeness (QED) is 0.758. The minimum atomic E-state index is -0.00552. The maximum Gasteiger partial charge on any atom is 0.238 e. The van der Waals surface area contributed by atoms with Gasteiger partial charge in [-0.05, 0) is 36.6 Å². The van der Waals surface area contributed by atoms with Gasteiger partial charge in [0.1, 0.15) is 0 Å². The molecule has 0 unspecified atom stereocenters. The third-order valence-corrected chi connectivity index (χ3v) is 5.26. The van der Waals surface area contributed by atoms with Crippen LogP contribution in [0.2, 0.25) is 0 Å². The summed E-state index contributed by atoms with van der Waals surface area (Å²) >= 11 is 0. The Morgan fingerprint density at radius 3 is 2.00 bits per heavy atom. The van der Waals surface area contributed by atoms with Gasteiger partial charge in [0.25, 0.3) is 0 Å². The first kappa shape index (κ1) is 21.0. The molecule has 2 aromatic carbocycles. The second-order valence-electron chi connectivity index (χ2n) is 7.48. The average Bonchev–Trinajstić information content (AvgIpc) is 2.71. The fourth-order valence-electron chi connectivity index (χ4n) is 3.61. The smallest absolute Gasteiger partial charge is 0.238 e. The topological polar surface area (TPSA) is 64.7 Å². The zero-order valence-electron chi connectivity index (χ0n) is 17.3. The number of nitrogens with zero attached hydrogens (tertiary/aromatic N) is 2. The Balaban J connectivity index is 1.43. The zero-order chi connectivity index (χ0) is 20.6. The van der Waals surface area contributed by atoms with Crippen LogP contribution < -0.4 is 10.6 Å². The van der Waals surface area contributed by atoms with E-state index in [4.69, 9.17) is 0 Å². The van der Waals surface area contributed by atoms with E-state index >= 15 is 0 Å². The summed E-state index contributed by atoms with van der Waals surface area (Å²) in [5, 5.41) is 6.01. The second-order valence-corrected chi connectivity index (χ2v) is 7.48. The third-order valence-electron chi connectivity index (χ3n) is 5.26. The maximum atomic E-state index is 12.5. The van der Waals surface area contributed by atoms with E-state index in [0.29, 0.717) is 13.1 Å². The van der Waals surface area contributed by atoms with Crippen LogP contribution >= 0.6 is 0 Å². The molecule has 0 aromatic heterocycles. The highest BCUT2D eigenvalue weighted by atomic mass is 16.2. The van der Waals surface area contributed by atoms with E-state index in [9.17, 15) is 9.59 Å². The Labute approximate surface area is 172 Å². The minimum absolute atomic E-state index is 0.00552. The van der Waals surface area contributed by atoms with Crippen LogP contribution in [0.1, 0.15) is 18.1 Å². The number of carbonyl (C=O) groups is 2. The summed E-state index contributed by atoms with van der Waals surface area (Å²) in [4.78, 5) is 29.0. The number of hydrogen-bond acceptors (Lipinski definition) is 4. The monoisotopic (exact) mass is 394 g/mol. The summed E-state index contributed by atoms with van der Waals surface area (Å²) < 4.78 is 0. The number of para-hydroxylation sites is 2. The predicted octanol–water partition coefficient (Wildman–Crippen LogP) is 2.75. The molecule has 1 saturated heterocycles. The Bertz CT molecular complexity index is 830. The molecule has 3 rings (SSSR count). The molecule has 6 heteroatoms. The summed E-state index contributed by atoms with van der Waals surface area (Å²) in [5.41, 5.74) is 4.01. The highest BCUT2D eigenvalue weighted by molar-refractivity contribution is 5.94. The van der Waals surface area contributed by atoms with Crippen molar-refractivity contribution < 1.29 is 9.59 Å². The van der Waals surface area contributed by atoms with Gasteiger partial charge >= 0.3 is 0 Å². The van der Waals surface area contributed by atoms with Gasteiger partial charge in [0, 0.05) is 37.6 Å². The van der Waals surface area contributed by atoms with E-state index in [0.717, 1.165) is 55.1 Å². The van der Waals surface area contributed by atoms with Crippen LogP contribution in [0, 0.1) is 6.92 Å². The number of aryl methyl sites for hydroxylation is 2. The number of hydrogen-bond donors (Lipinski definition) is 2. The molecule has 2 aromatic rings. The fourth-order valence-corrected chi connectivity index (χ4v) is 3.61. The summed E-state index contributed by atoms with van der Waals surface area (Å²) in [5.74, 6) is 0.0123. The van der Waals surface area contributed by atoms with Crippen molar-refractivity contribution in [3.05, 3.63) is 59.7 Å². The molecule has 6 nitrogen and oxygen atoms in total. The lowest BCUT2D eigenvalue weighted by Crippen LogP contribution is -2.50. The second kappa shape index (κ2) is 10.2. The molecule has 1 heterocycles. The Morgan fingerprint density at radius 1 is 0.828 bits per heavy atom. The molecule has 2 N–H and O–H groups in total. The van der Waals surface area contributed by atoms with Crippen molar-refractivity contribution in [2.24, 2.45) is 0 Å². The van der Waals surface area contributed by atoms with Crippen LogP contribution in [0.4, 0.5) is 11.4 Å². The van der Waals surface area contributed by atoms with Crippen molar-refractivity contribution in [1.29, 1.82) is 0 Å². The number of rotatable bonds is 7. The lowest BCUT2D eigenvalue weighted by atomic mass is 10.1. The van der Waals surface area contributed by atoms with E-state index in [1.165, 1.54) is 0 Å². The molecule has 0 bridgehead atoms. The van der Waals surface area contributed by atoms with Crippen molar-refractivity contribution in [2.45, 2.75) is 20.3 Å². The molecule has 0 aliphatic carbocycles. The van der Waals surface area contributed by atoms with E-state index in [1.807, 2.05) is 49.4 Å². The molecule has 0 atom stereocenters. The van der Waals surface area contributed by atoms with Crippen LogP contribution in [0.25, 0.3) is 0 Å². The highest BCUT2D eigenvalue weighted by Gasteiger charge is 2.21. The molecule has 1 fully saturated rings. The van der Waals surface area contributed by atoms with Gasteiger partial charge in [0.15, 0.2) is 0 Å². The Hall–Kier alpha value is -2.70. The van der Waals surface area contributed by atoms with Gasteiger partial charge in [-0.1, -0.05) is 43.3 Å². The number of carbonyl (C=O) groups excluding carboxylic acids is 2. The van der Waals surface area contributed by atoms with Crippen molar-refractivity contribution in [2.75, 3.05) is 49.9 Å². The first-order valence-corrected chi connectivity index (χ1v) is 10.2. The van der Waals surface area contributed by atoms with Gasteiger partial charge in [-0.15, -0.1) is 0 Å². The standard InChI is InChI=1S/C23H30N4O2/c1-3-19-9-7-8-18(2)23(19)25-22(29)17-27-14-12-26(13-15-27)16-21(28)24-20-10-5-4-6-11-20/h4-11H,3,12-17H2,1-2H3,(H,24,28)(H,25,29). The van der Waals surface area contributed by atoms with Crippen LogP contribution in [0.3, 0.4) is 0 Å². The van der Waals surface area contributed by atoms with Gasteiger partial charge in [0.05, 0.1) is 13.1 Å². The molecule has 154 valence electrons. The van der Waals surface area contributed by atoms with Gasteiger partial charge in [-0.2, -0.15) is 0 Å². The SMILES string of the molecule is CCc1cccc(C)c1NC(=O)CN1CCN(CC(=O)Nc2ccccc2)CC1. The number of piperazine rings is 1. The van der Waals surface area contributed by atoms with Gasteiger partial charge in [-0.25, -0.2) is 0 Å². The Kier molecular flexibility index (Phi) is 7.38. The van der Waals surface area contributed by atoms with E-state index in [-0.39, 0.29) is 11.8 Å². The Morgan fingerprint density at radius 2 is 1.41 bits per heavy atom. The van der Waals surface area contributed by atoms with Crippen molar-refractivity contribution in [3.63, 3.8) is 0 Å². The fraction of sp³-hybridized carbons (Fsp3) is 0.391. The summed E-state index contributed by atoms with van der Waals surface area (Å²) in [6, 6.07) is 15.6. The maximum absolute atomic E-state index is 12.5. The first-order chi connectivity index (χ1) is 14.0. The molecule has 0 radical (unpaired) electrons. The first-order valence-electron chi connectivity index (χ1n) is 10.2. The molecule has 2 amide bonds. The number of benzene rings is 2. The third kappa shape index (κ3) is 6.14. The van der Waals surface area contributed by atoms with Crippen molar-refractivity contribution >= 4 is 23.2 Å². The highest BCUT2D eigenvalue weighted by Crippen LogP contribution is 2.21. The number of nitrogens with one attached hydrogen (secondary N) is 2. The van der Waals surface area contributed by atoms with E-state index < -0.39 is 0 Å². The van der Waals surface area contributed by atoms with Gasteiger partial charge in [0.2, 0.25) is 11.8 Å². The molecule has 0 spiro atoms. The average molecular weight is 395 g/mol. The lowest BCUT2D eigenvalue weighted by Gasteiger charge is -2.33. The van der Waals surface area contributed by atoms with Crippen molar-refractivity contribution in [3.8, 4) is 0 Å². The van der Waals surface area contributed by atoms with Crippen LogP contribution in [-0.2, 0) is 16.0 Å². The van der Waals surface area contributed by atoms with E-state index in [1.54, 1.807) is 0 Å². The van der Waals surface area contributed by atoms with Gasteiger partial charge < -0.3 is 10.6 Å². The van der Waals surface area contributed by atoms with Crippen molar-refractivity contribution in [1.82, 2.24) is 9.80 Å². The predicted molar refractivity (Wildman–Crippen MR) is 117 cm³/mol. The number of anilines is 2. The van der Waals surface area contributed by atoms with Crippen LogP contribution in [-0.4, -0.2) is 60.9 Å². The molecular formula is C23H30N4O2. The molecular weight excluding hydrogens is 364 g/mol. The van der Waals surface area contributed by atoms with Crippen LogP contribution in [0.5, 0.6) is 0 Å². The minimum Gasteiger partial charge on any atom is -0.325 e. The van der Waals surface area contributed by atoms with Crippen LogP contribution in [0.15, 0.2) is 48.5 Å². The number of amides is 2. The normalized spacial score (nSPS) is 15.1. The summed E-state index contributed by atoms with van der Waals surface area (Å²) in [6.45, 7) is 7.98. The molecule has 29 heavy (non-hydrogen) atoms. The van der Waals surface area contributed by atoms with Gasteiger partial charge in [-0.3, -0.25) is 19.4 Å². The molecule has 1 aliphatic rings. The largest absolute Gasteiger partial charge is 0.325 e. The summed E-state index contributed by atoms with van der Waals surface area (Å²) in [6.07, 6.45) is 0.890. The van der Waals surface area contributed by atoms with E-state index in [2.05, 4.69) is 33.4 Å². The zero-order valence-corrected chi connectivity index (χ0v) is 17.3.